The number of nitrogens with zero attached hydrogens (tertiary/aromatic N) is 3. The van der Waals surface area contributed by atoms with Crippen LogP contribution in [0.2, 0.25) is 0 Å². The molecule has 0 radical (unpaired) electrons. The lowest BCUT2D eigenvalue weighted by atomic mass is 10.0. The maximum Gasteiger partial charge on any atom is 0.224 e. The van der Waals surface area contributed by atoms with E-state index in [0.29, 0.717) is 25.6 Å². The van der Waals surface area contributed by atoms with E-state index in [2.05, 4.69) is 17.2 Å². The predicted octanol–water partition coefficient (Wildman–Crippen LogP) is 3.12. The van der Waals surface area contributed by atoms with E-state index in [9.17, 15) is 4.79 Å². The normalized spacial score (nSPS) is 16.7. The number of halogens is 1. The summed E-state index contributed by atoms with van der Waals surface area (Å²) >= 11 is 0. The number of benzene rings is 1. The van der Waals surface area contributed by atoms with Crippen LogP contribution in [0.5, 0.6) is 11.5 Å². The van der Waals surface area contributed by atoms with Crippen molar-refractivity contribution in [3.05, 3.63) is 23.8 Å². The molecular weight excluding hydrogens is 483 g/mol. The molecule has 29 heavy (non-hydrogen) atoms. The van der Waals surface area contributed by atoms with Gasteiger partial charge in [-0.3, -0.25) is 9.79 Å². The molecule has 2 rings (SSSR count). The second kappa shape index (κ2) is 12.8. The minimum Gasteiger partial charge on any atom is -0.497 e. The van der Waals surface area contributed by atoms with Crippen molar-refractivity contribution in [2.45, 2.75) is 45.2 Å². The maximum atomic E-state index is 12.5. The van der Waals surface area contributed by atoms with E-state index in [1.54, 1.807) is 21.3 Å². The number of piperidine rings is 1. The molecule has 0 aromatic heterocycles. The van der Waals surface area contributed by atoms with Gasteiger partial charge in [0.2, 0.25) is 5.91 Å². The van der Waals surface area contributed by atoms with Crippen molar-refractivity contribution in [1.29, 1.82) is 0 Å². The molecule has 1 heterocycles. The Labute approximate surface area is 191 Å². The molecule has 0 bridgehead atoms. The molecule has 7 nitrogen and oxygen atoms in total. The van der Waals surface area contributed by atoms with E-state index in [1.165, 1.54) is 6.42 Å². The third kappa shape index (κ3) is 7.24. The summed E-state index contributed by atoms with van der Waals surface area (Å²) < 4.78 is 10.7. The summed E-state index contributed by atoms with van der Waals surface area (Å²) in [5, 5.41) is 3.30. The van der Waals surface area contributed by atoms with Gasteiger partial charge in [0.25, 0.3) is 0 Å². The highest BCUT2D eigenvalue weighted by Crippen LogP contribution is 2.25. The van der Waals surface area contributed by atoms with Gasteiger partial charge in [-0.25, -0.2) is 0 Å². The van der Waals surface area contributed by atoms with Crippen molar-refractivity contribution in [1.82, 2.24) is 15.1 Å². The molecule has 1 aliphatic heterocycles. The van der Waals surface area contributed by atoms with Gasteiger partial charge < -0.3 is 24.6 Å². The summed E-state index contributed by atoms with van der Waals surface area (Å²) in [5.41, 5.74) is 1.03. The van der Waals surface area contributed by atoms with Crippen LogP contribution in [0.4, 0.5) is 0 Å². The number of ether oxygens (including phenoxy) is 2. The van der Waals surface area contributed by atoms with Gasteiger partial charge in [0, 0.05) is 57.8 Å². The Bertz CT molecular complexity index is 684. The molecule has 1 N–H and O–H groups in total. The summed E-state index contributed by atoms with van der Waals surface area (Å²) in [6.45, 7) is 4.22. The van der Waals surface area contributed by atoms with Gasteiger partial charge in [-0.2, -0.15) is 0 Å². The lowest BCUT2D eigenvalue weighted by Crippen LogP contribution is -2.44. The largest absolute Gasteiger partial charge is 0.497 e. The molecule has 1 unspecified atom stereocenters. The fourth-order valence-electron chi connectivity index (χ4n) is 3.59. The van der Waals surface area contributed by atoms with Gasteiger partial charge in [-0.05, 0) is 38.3 Å². The lowest BCUT2D eigenvalue weighted by molar-refractivity contribution is -0.134. The fraction of sp³-hybridized carbons (Fsp3) is 0.619. The molecule has 1 saturated heterocycles. The van der Waals surface area contributed by atoms with E-state index < -0.39 is 0 Å². The number of rotatable bonds is 7. The topological polar surface area (TPSA) is 66.4 Å². The van der Waals surface area contributed by atoms with Crippen molar-refractivity contribution in [2.24, 2.45) is 4.99 Å². The molecule has 1 aliphatic rings. The molecular formula is C21H35IN4O3. The first-order chi connectivity index (χ1) is 13.5. The number of methoxy groups -OCH3 is 2. The lowest BCUT2D eigenvalue weighted by Gasteiger charge is -2.33. The van der Waals surface area contributed by atoms with E-state index in [0.717, 1.165) is 42.4 Å². The Morgan fingerprint density at radius 2 is 2.07 bits per heavy atom. The summed E-state index contributed by atoms with van der Waals surface area (Å²) in [4.78, 5) is 20.9. The van der Waals surface area contributed by atoms with Crippen LogP contribution in [0, 0.1) is 0 Å². The van der Waals surface area contributed by atoms with Crippen LogP contribution < -0.4 is 14.8 Å². The van der Waals surface area contributed by atoms with Gasteiger partial charge >= 0.3 is 0 Å². The number of hydrogen-bond donors (Lipinski definition) is 1. The second-order valence-electron chi connectivity index (χ2n) is 7.19. The Morgan fingerprint density at radius 1 is 1.31 bits per heavy atom. The van der Waals surface area contributed by atoms with Crippen molar-refractivity contribution >= 4 is 35.8 Å². The molecule has 1 atom stereocenters. The average molecular weight is 518 g/mol. The van der Waals surface area contributed by atoms with Crippen LogP contribution in [0.1, 0.15) is 38.2 Å². The van der Waals surface area contributed by atoms with Crippen molar-refractivity contribution in [3.63, 3.8) is 0 Å². The highest BCUT2D eigenvalue weighted by Gasteiger charge is 2.22. The molecule has 1 fully saturated rings. The molecule has 1 amide bonds. The van der Waals surface area contributed by atoms with Crippen LogP contribution in [-0.4, -0.2) is 69.1 Å². The van der Waals surface area contributed by atoms with E-state index >= 15 is 0 Å². The zero-order valence-corrected chi connectivity index (χ0v) is 20.6. The van der Waals surface area contributed by atoms with E-state index in [4.69, 9.17) is 9.47 Å². The summed E-state index contributed by atoms with van der Waals surface area (Å²) in [6.07, 6.45) is 3.91. The van der Waals surface area contributed by atoms with E-state index in [-0.39, 0.29) is 29.9 Å². The Hall–Kier alpha value is -1.71. The van der Waals surface area contributed by atoms with Crippen molar-refractivity contribution in [3.8, 4) is 11.5 Å². The van der Waals surface area contributed by atoms with Crippen molar-refractivity contribution < 1.29 is 14.3 Å². The number of carbonyl (C=O) groups is 1. The summed E-state index contributed by atoms with van der Waals surface area (Å²) in [5.74, 6) is 2.50. The number of nitrogens with one attached hydrogen (secondary N) is 1. The van der Waals surface area contributed by atoms with E-state index in [1.807, 2.05) is 35.0 Å². The van der Waals surface area contributed by atoms with Crippen LogP contribution in [0.3, 0.4) is 0 Å². The van der Waals surface area contributed by atoms with Crippen LogP contribution >= 0.6 is 24.0 Å². The summed E-state index contributed by atoms with van der Waals surface area (Å²) in [7, 11) is 7.00. The predicted molar refractivity (Wildman–Crippen MR) is 127 cm³/mol. The standard InChI is InChI=1S/C21H34N4O3.HI/c1-16-8-6-7-13-25(16)20(26)11-12-23-21(22-2)24(3)15-17-9-10-18(27-4)14-19(17)28-5;/h9-10,14,16H,6-8,11-13,15H2,1-5H3,(H,22,23);1H. The maximum absolute atomic E-state index is 12.5. The molecule has 0 aliphatic carbocycles. The quantitative estimate of drug-likeness (QED) is 0.342. The van der Waals surface area contributed by atoms with Gasteiger partial charge in [-0.1, -0.05) is 0 Å². The minimum absolute atomic E-state index is 0. The SMILES string of the molecule is CN=C(NCCC(=O)N1CCCCC1C)N(C)Cc1ccc(OC)cc1OC.I. The highest BCUT2D eigenvalue weighted by atomic mass is 127. The smallest absolute Gasteiger partial charge is 0.224 e. The van der Waals surface area contributed by atoms with Gasteiger partial charge in [0.15, 0.2) is 5.96 Å². The van der Waals surface area contributed by atoms with Crippen LogP contribution in [-0.2, 0) is 11.3 Å². The molecule has 164 valence electrons. The van der Waals surface area contributed by atoms with Gasteiger partial charge in [-0.15, -0.1) is 24.0 Å². The molecule has 8 heteroatoms. The van der Waals surface area contributed by atoms with Crippen molar-refractivity contribution in [2.75, 3.05) is 41.4 Å². The van der Waals surface area contributed by atoms with Gasteiger partial charge in [0.1, 0.15) is 11.5 Å². The Balaban J connectivity index is 0.00000420. The first-order valence-electron chi connectivity index (χ1n) is 9.92. The number of guanidine groups is 1. The minimum atomic E-state index is 0. The Kier molecular flexibility index (Phi) is 11.2. The molecule has 1 aromatic rings. The number of likely N-dealkylation sites (tertiary alicyclic amines) is 1. The zero-order valence-electron chi connectivity index (χ0n) is 18.2. The third-order valence-electron chi connectivity index (χ3n) is 5.22. The van der Waals surface area contributed by atoms with Crippen LogP contribution in [0.15, 0.2) is 23.2 Å². The first-order valence-corrected chi connectivity index (χ1v) is 9.92. The average Bonchev–Trinajstić information content (AvgIpc) is 2.71. The zero-order chi connectivity index (χ0) is 20.5. The number of carbonyl (C=O) groups excluding carboxylic acids is 1. The molecule has 1 aromatic carbocycles. The third-order valence-corrected chi connectivity index (χ3v) is 5.22. The first kappa shape index (κ1) is 25.3. The number of hydrogen-bond acceptors (Lipinski definition) is 4. The number of aliphatic imine (C=N–C) groups is 1. The highest BCUT2D eigenvalue weighted by molar-refractivity contribution is 14.0. The molecule has 0 spiro atoms. The number of amides is 1. The monoisotopic (exact) mass is 518 g/mol. The molecule has 0 saturated carbocycles. The fourth-order valence-corrected chi connectivity index (χ4v) is 3.59. The van der Waals surface area contributed by atoms with Crippen LogP contribution in [0.25, 0.3) is 0 Å². The second-order valence-corrected chi connectivity index (χ2v) is 7.19. The summed E-state index contributed by atoms with van der Waals surface area (Å²) in [6, 6.07) is 6.13. The van der Waals surface area contributed by atoms with Gasteiger partial charge in [0.05, 0.1) is 14.2 Å². The Morgan fingerprint density at radius 3 is 2.69 bits per heavy atom.